The number of amides is 1. The van der Waals surface area contributed by atoms with Crippen molar-refractivity contribution in [2.75, 3.05) is 25.0 Å². The summed E-state index contributed by atoms with van der Waals surface area (Å²) in [5.74, 6) is 1.35. The molecule has 4 rings (SSSR count). The lowest BCUT2D eigenvalue weighted by Gasteiger charge is -2.33. The molecular formula is C18H22N8O. The zero-order valence-corrected chi connectivity index (χ0v) is 15.2. The standard InChI is InChI=1S/C18H22N8O/c1-12-8-21-18(14-9-22-26-6-4-20-10-15(14)26)24-17(12)23-13-3-2-5-25(11-13)16(27)7-19/h4,6,8-10,13H,2-3,5,7,11,19H2,1H3,(H,21,23,24)/t13-/m1/s1. The number of piperidine rings is 1. The number of hydrogen-bond donors (Lipinski definition) is 2. The fraction of sp³-hybridized carbons (Fsp3) is 0.389. The molecule has 1 amide bonds. The summed E-state index contributed by atoms with van der Waals surface area (Å²) in [6, 6.07) is 0.140. The Bertz CT molecular complexity index is 969. The summed E-state index contributed by atoms with van der Waals surface area (Å²) in [4.78, 5) is 27.1. The predicted molar refractivity (Wildman–Crippen MR) is 101 cm³/mol. The third-order valence-electron chi connectivity index (χ3n) is 4.83. The van der Waals surface area contributed by atoms with E-state index in [2.05, 4.69) is 20.4 Å². The molecule has 0 bridgehead atoms. The fourth-order valence-electron chi connectivity index (χ4n) is 3.37. The van der Waals surface area contributed by atoms with E-state index in [1.807, 2.05) is 11.8 Å². The minimum atomic E-state index is -0.0135. The zero-order chi connectivity index (χ0) is 18.8. The van der Waals surface area contributed by atoms with Crippen LogP contribution in [0.2, 0.25) is 0 Å². The van der Waals surface area contributed by atoms with Gasteiger partial charge in [0.05, 0.1) is 30.0 Å². The molecule has 3 aromatic rings. The molecule has 0 aliphatic carbocycles. The largest absolute Gasteiger partial charge is 0.365 e. The number of likely N-dealkylation sites (tertiary alicyclic amines) is 1. The van der Waals surface area contributed by atoms with Gasteiger partial charge in [-0.05, 0) is 19.8 Å². The fourth-order valence-corrected chi connectivity index (χ4v) is 3.37. The van der Waals surface area contributed by atoms with E-state index >= 15 is 0 Å². The quantitative estimate of drug-likeness (QED) is 0.704. The number of nitrogens with zero attached hydrogens (tertiary/aromatic N) is 6. The second-order valence-corrected chi connectivity index (χ2v) is 6.72. The van der Waals surface area contributed by atoms with Gasteiger partial charge in [0.15, 0.2) is 5.82 Å². The van der Waals surface area contributed by atoms with Crippen molar-refractivity contribution in [3.63, 3.8) is 0 Å². The van der Waals surface area contributed by atoms with E-state index in [0.717, 1.165) is 41.8 Å². The molecule has 0 spiro atoms. The van der Waals surface area contributed by atoms with Gasteiger partial charge in [-0.2, -0.15) is 5.10 Å². The summed E-state index contributed by atoms with van der Waals surface area (Å²) in [6.07, 6.45) is 10.7. The average molecular weight is 366 g/mol. The first-order chi connectivity index (χ1) is 13.2. The molecule has 0 saturated carbocycles. The first kappa shape index (κ1) is 17.3. The Morgan fingerprint density at radius 2 is 2.26 bits per heavy atom. The van der Waals surface area contributed by atoms with Gasteiger partial charge in [0.1, 0.15) is 5.82 Å². The van der Waals surface area contributed by atoms with Crippen molar-refractivity contribution in [2.45, 2.75) is 25.8 Å². The number of anilines is 1. The molecule has 0 aromatic carbocycles. The molecular weight excluding hydrogens is 344 g/mol. The molecule has 9 nitrogen and oxygen atoms in total. The highest BCUT2D eigenvalue weighted by Gasteiger charge is 2.23. The molecule has 1 atom stereocenters. The van der Waals surface area contributed by atoms with Gasteiger partial charge >= 0.3 is 0 Å². The number of carbonyl (C=O) groups excluding carboxylic acids is 1. The second-order valence-electron chi connectivity index (χ2n) is 6.72. The van der Waals surface area contributed by atoms with E-state index in [9.17, 15) is 4.79 Å². The van der Waals surface area contributed by atoms with Crippen LogP contribution in [0, 0.1) is 6.92 Å². The van der Waals surface area contributed by atoms with Crippen molar-refractivity contribution in [3.05, 3.63) is 36.5 Å². The molecule has 27 heavy (non-hydrogen) atoms. The van der Waals surface area contributed by atoms with E-state index in [4.69, 9.17) is 10.7 Å². The van der Waals surface area contributed by atoms with Crippen LogP contribution in [-0.2, 0) is 4.79 Å². The molecule has 0 unspecified atom stereocenters. The maximum atomic E-state index is 11.9. The number of aryl methyl sites for hydroxylation is 1. The highest BCUT2D eigenvalue weighted by atomic mass is 16.2. The van der Waals surface area contributed by atoms with Crippen LogP contribution in [0.5, 0.6) is 0 Å². The normalized spacial score (nSPS) is 17.3. The van der Waals surface area contributed by atoms with Crippen LogP contribution in [0.25, 0.3) is 16.9 Å². The number of aromatic nitrogens is 5. The number of nitrogens with two attached hydrogens (primary N) is 1. The van der Waals surface area contributed by atoms with Crippen LogP contribution in [0.1, 0.15) is 18.4 Å². The van der Waals surface area contributed by atoms with Crippen LogP contribution in [0.15, 0.2) is 31.0 Å². The Kier molecular flexibility index (Phi) is 4.68. The Morgan fingerprint density at radius 3 is 3.11 bits per heavy atom. The van der Waals surface area contributed by atoms with Crippen molar-refractivity contribution >= 4 is 17.2 Å². The van der Waals surface area contributed by atoms with Gasteiger partial charge in [0, 0.05) is 43.3 Å². The van der Waals surface area contributed by atoms with Crippen LogP contribution in [0.3, 0.4) is 0 Å². The maximum Gasteiger partial charge on any atom is 0.236 e. The van der Waals surface area contributed by atoms with Gasteiger partial charge in [-0.1, -0.05) is 0 Å². The summed E-state index contributed by atoms with van der Waals surface area (Å²) in [5, 5.41) is 7.80. The lowest BCUT2D eigenvalue weighted by Crippen LogP contribution is -2.47. The van der Waals surface area contributed by atoms with Crippen molar-refractivity contribution in [3.8, 4) is 11.4 Å². The van der Waals surface area contributed by atoms with Gasteiger partial charge in [0.25, 0.3) is 0 Å². The topological polar surface area (TPSA) is 114 Å². The second kappa shape index (κ2) is 7.28. The SMILES string of the molecule is Cc1cnc(-c2cnn3ccncc23)nc1N[C@@H]1CCCN(C(=O)CN)C1. The number of rotatable bonds is 4. The molecule has 1 aliphatic heterocycles. The molecule has 140 valence electrons. The van der Waals surface area contributed by atoms with E-state index < -0.39 is 0 Å². The van der Waals surface area contributed by atoms with E-state index in [1.54, 1.807) is 35.5 Å². The minimum Gasteiger partial charge on any atom is -0.365 e. The highest BCUT2D eigenvalue weighted by Crippen LogP contribution is 2.24. The summed E-state index contributed by atoms with van der Waals surface area (Å²) >= 11 is 0. The van der Waals surface area contributed by atoms with Crippen molar-refractivity contribution in [2.24, 2.45) is 5.73 Å². The van der Waals surface area contributed by atoms with Crippen LogP contribution < -0.4 is 11.1 Å². The summed E-state index contributed by atoms with van der Waals surface area (Å²) < 4.78 is 1.75. The lowest BCUT2D eigenvalue weighted by molar-refractivity contribution is -0.130. The van der Waals surface area contributed by atoms with Crippen molar-refractivity contribution in [1.82, 2.24) is 29.5 Å². The Balaban J connectivity index is 1.59. The third kappa shape index (κ3) is 3.45. The maximum absolute atomic E-state index is 11.9. The molecule has 3 aromatic heterocycles. The number of fused-ring (bicyclic) bond motifs is 1. The predicted octanol–water partition coefficient (Wildman–Crippen LogP) is 0.856. The molecule has 4 heterocycles. The van der Waals surface area contributed by atoms with Gasteiger partial charge in [-0.3, -0.25) is 9.78 Å². The molecule has 0 radical (unpaired) electrons. The van der Waals surface area contributed by atoms with Crippen molar-refractivity contribution in [1.29, 1.82) is 0 Å². The van der Waals surface area contributed by atoms with E-state index in [0.29, 0.717) is 12.4 Å². The molecule has 1 fully saturated rings. The molecule has 1 aliphatic rings. The Hall–Kier alpha value is -3.07. The average Bonchev–Trinajstić information content (AvgIpc) is 3.13. The van der Waals surface area contributed by atoms with Gasteiger partial charge < -0.3 is 16.0 Å². The lowest BCUT2D eigenvalue weighted by atomic mass is 10.1. The summed E-state index contributed by atoms with van der Waals surface area (Å²) in [7, 11) is 0. The number of carbonyl (C=O) groups is 1. The molecule has 9 heteroatoms. The monoisotopic (exact) mass is 366 g/mol. The molecule has 1 saturated heterocycles. The smallest absolute Gasteiger partial charge is 0.236 e. The Labute approximate surface area is 156 Å². The van der Waals surface area contributed by atoms with Crippen LogP contribution in [0.4, 0.5) is 5.82 Å². The minimum absolute atomic E-state index is 0.0135. The van der Waals surface area contributed by atoms with Crippen molar-refractivity contribution < 1.29 is 4.79 Å². The zero-order valence-electron chi connectivity index (χ0n) is 15.2. The van der Waals surface area contributed by atoms with E-state index in [-0.39, 0.29) is 18.5 Å². The van der Waals surface area contributed by atoms with Crippen LogP contribution >= 0.6 is 0 Å². The van der Waals surface area contributed by atoms with E-state index in [1.165, 1.54) is 0 Å². The third-order valence-corrected chi connectivity index (χ3v) is 4.83. The number of nitrogens with one attached hydrogen (secondary N) is 1. The summed E-state index contributed by atoms with van der Waals surface area (Å²) in [5.41, 5.74) is 8.13. The first-order valence-electron chi connectivity index (χ1n) is 9.01. The summed E-state index contributed by atoms with van der Waals surface area (Å²) in [6.45, 7) is 3.41. The van der Waals surface area contributed by atoms with Gasteiger partial charge in [-0.25, -0.2) is 14.5 Å². The van der Waals surface area contributed by atoms with Crippen LogP contribution in [-0.4, -0.2) is 61.0 Å². The Morgan fingerprint density at radius 1 is 1.37 bits per heavy atom. The first-order valence-corrected chi connectivity index (χ1v) is 9.01. The molecule has 3 N–H and O–H groups in total. The number of hydrogen-bond acceptors (Lipinski definition) is 7. The van der Waals surface area contributed by atoms with Gasteiger partial charge in [-0.15, -0.1) is 0 Å². The highest BCUT2D eigenvalue weighted by molar-refractivity contribution is 5.78. The van der Waals surface area contributed by atoms with Gasteiger partial charge in [0.2, 0.25) is 5.91 Å².